The quantitative estimate of drug-likeness (QED) is 0.879. The molecule has 3 rings (SSSR count). The summed E-state index contributed by atoms with van der Waals surface area (Å²) >= 11 is 0. The topological polar surface area (TPSA) is 24.9 Å². The summed E-state index contributed by atoms with van der Waals surface area (Å²) in [5, 5.41) is 3.71. The van der Waals surface area contributed by atoms with Gasteiger partial charge < -0.3 is 5.32 Å². The number of aromatic nitrogens is 1. The Morgan fingerprint density at radius 1 is 1.33 bits per heavy atom. The number of aryl methyl sites for hydroxylation is 1. The van der Waals surface area contributed by atoms with E-state index in [9.17, 15) is 0 Å². The fourth-order valence-electron chi connectivity index (χ4n) is 3.94. The first kappa shape index (κ1) is 12.2. The van der Waals surface area contributed by atoms with Crippen molar-refractivity contribution in [3.05, 3.63) is 29.6 Å². The highest BCUT2D eigenvalue weighted by molar-refractivity contribution is 5.13. The first-order valence-corrected chi connectivity index (χ1v) is 7.37. The lowest BCUT2D eigenvalue weighted by atomic mass is 9.84. The molecule has 1 aromatic rings. The number of nitrogens with one attached hydrogen (secondary N) is 1. The van der Waals surface area contributed by atoms with Gasteiger partial charge in [0.2, 0.25) is 0 Å². The molecular formula is C16H24N2. The average Bonchev–Trinajstić information content (AvgIpc) is 3.00. The molecule has 2 saturated carbocycles. The molecule has 2 fully saturated rings. The molecule has 2 aliphatic rings. The van der Waals surface area contributed by atoms with Gasteiger partial charge in [0.25, 0.3) is 0 Å². The molecule has 0 spiro atoms. The molecule has 1 N–H and O–H groups in total. The predicted molar refractivity (Wildman–Crippen MR) is 74.2 cm³/mol. The van der Waals surface area contributed by atoms with Gasteiger partial charge in [-0.05, 0) is 62.5 Å². The zero-order valence-electron chi connectivity index (χ0n) is 11.5. The van der Waals surface area contributed by atoms with E-state index in [4.69, 9.17) is 0 Å². The van der Waals surface area contributed by atoms with Crippen molar-refractivity contribution in [1.29, 1.82) is 0 Å². The smallest absolute Gasteiger partial charge is 0.0372 e. The van der Waals surface area contributed by atoms with Crippen molar-refractivity contribution in [1.82, 2.24) is 10.3 Å². The Morgan fingerprint density at radius 3 is 2.83 bits per heavy atom. The van der Waals surface area contributed by atoms with Gasteiger partial charge in [0, 0.05) is 24.5 Å². The number of rotatable bonds is 4. The van der Waals surface area contributed by atoms with Crippen molar-refractivity contribution in [2.75, 3.05) is 0 Å². The van der Waals surface area contributed by atoms with E-state index in [-0.39, 0.29) is 0 Å². The van der Waals surface area contributed by atoms with Gasteiger partial charge in [-0.15, -0.1) is 0 Å². The highest BCUT2D eigenvalue weighted by Gasteiger charge is 2.41. The van der Waals surface area contributed by atoms with Gasteiger partial charge >= 0.3 is 0 Å². The van der Waals surface area contributed by atoms with Crippen LogP contribution in [0.3, 0.4) is 0 Å². The lowest BCUT2D eigenvalue weighted by Gasteiger charge is -2.28. The van der Waals surface area contributed by atoms with Gasteiger partial charge in [0.1, 0.15) is 0 Å². The van der Waals surface area contributed by atoms with E-state index < -0.39 is 0 Å². The Balaban J connectivity index is 1.52. The SMILES string of the molecule is Cc1ccc(CNC(C)C2CC3CCC2C3)cn1. The predicted octanol–water partition coefficient (Wildman–Crippen LogP) is 3.30. The third-order valence-corrected chi connectivity index (χ3v) is 5.04. The summed E-state index contributed by atoms with van der Waals surface area (Å²) in [6.45, 7) is 5.37. The fraction of sp³-hybridized carbons (Fsp3) is 0.688. The minimum Gasteiger partial charge on any atom is -0.310 e. The van der Waals surface area contributed by atoms with Crippen LogP contribution in [-0.2, 0) is 6.54 Å². The van der Waals surface area contributed by atoms with Crippen LogP contribution in [0.1, 0.15) is 43.9 Å². The highest BCUT2D eigenvalue weighted by Crippen LogP contribution is 2.49. The van der Waals surface area contributed by atoms with Gasteiger partial charge in [-0.25, -0.2) is 0 Å². The summed E-state index contributed by atoms with van der Waals surface area (Å²) < 4.78 is 0. The van der Waals surface area contributed by atoms with Gasteiger partial charge in [-0.2, -0.15) is 0 Å². The van der Waals surface area contributed by atoms with Crippen molar-refractivity contribution in [3.63, 3.8) is 0 Å². The Morgan fingerprint density at radius 2 is 2.22 bits per heavy atom. The Kier molecular flexibility index (Phi) is 3.38. The molecule has 0 aromatic carbocycles. The van der Waals surface area contributed by atoms with Crippen molar-refractivity contribution >= 4 is 0 Å². The molecule has 2 heteroatoms. The molecule has 4 unspecified atom stereocenters. The van der Waals surface area contributed by atoms with E-state index in [1.165, 1.54) is 31.2 Å². The van der Waals surface area contributed by atoms with Gasteiger partial charge in [0.15, 0.2) is 0 Å². The first-order valence-electron chi connectivity index (χ1n) is 7.37. The summed E-state index contributed by atoms with van der Waals surface area (Å²) in [6, 6.07) is 4.93. The molecule has 1 heterocycles. The van der Waals surface area contributed by atoms with Crippen LogP contribution >= 0.6 is 0 Å². The Labute approximate surface area is 110 Å². The van der Waals surface area contributed by atoms with Gasteiger partial charge in [-0.3, -0.25) is 4.98 Å². The molecule has 2 nitrogen and oxygen atoms in total. The molecule has 2 bridgehead atoms. The largest absolute Gasteiger partial charge is 0.310 e. The van der Waals surface area contributed by atoms with Crippen LogP contribution in [0.15, 0.2) is 18.3 Å². The number of hydrogen-bond donors (Lipinski definition) is 1. The Bertz CT molecular complexity index is 398. The van der Waals surface area contributed by atoms with Gasteiger partial charge in [-0.1, -0.05) is 12.5 Å². The van der Waals surface area contributed by atoms with Crippen molar-refractivity contribution in [2.45, 2.75) is 52.1 Å². The van der Waals surface area contributed by atoms with E-state index in [1.54, 1.807) is 0 Å². The summed E-state index contributed by atoms with van der Waals surface area (Å²) in [5.41, 5.74) is 2.40. The maximum absolute atomic E-state index is 4.35. The molecule has 0 radical (unpaired) electrons. The maximum atomic E-state index is 4.35. The van der Waals surface area contributed by atoms with E-state index in [2.05, 4.69) is 29.4 Å². The molecular weight excluding hydrogens is 220 g/mol. The zero-order valence-corrected chi connectivity index (χ0v) is 11.5. The number of pyridine rings is 1. The second-order valence-electron chi connectivity index (χ2n) is 6.32. The maximum Gasteiger partial charge on any atom is 0.0372 e. The van der Waals surface area contributed by atoms with Crippen LogP contribution in [0.4, 0.5) is 0 Å². The fourth-order valence-corrected chi connectivity index (χ4v) is 3.94. The van der Waals surface area contributed by atoms with Crippen molar-refractivity contribution < 1.29 is 0 Å². The lowest BCUT2D eigenvalue weighted by molar-refractivity contribution is 0.259. The third-order valence-electron chi connectivity index (χ3n) is 5.04. The Hall–Kier alpha value is -0.890. The summed E-state index contributed by atoms with van der Waals surface area (Å²) in [4.78, 5) is 4.35. The second-order valence-corrected chi connectivity index (χ2v) is 6.32. The third kappa shape index (κ3) is 2.44. The molecule has 0 amide bonds. The average molecular weight is 244 g/mol. The summed E-state index contributed by atoms with van der Waals surface area (Å²) in [6.07, 6.45) is 7.94. The van der Waals surface area contributed by atoms with Crippen LogP contribution < -0.4 is 5.32 Å². The van der Waals surface area contributed by atoms with E-state index in [0.29, 0.717) is 6.04 Å². The molecule has 1 aromatic heterocycles. The zero-order chi connectivity index (χ0) is 12.5. The number of fused-ring (bicyclic) bond motifs is 2. The van der Waals surface area contributed by atoms with Crippen molar-refractivity contribution in [3.8, 4) is 0 Å². The molecule has 2 aliphatic carbocycles. The minimum absolute atomic E-state index is 0.654. The number of hydrogen-bond acceptors (Lipinski definition) is 2. The van der Waals surface area contributed by atoms with Crippen LogP contribution in [0.2, 0.25) is 0 Å². The van der Waals surface area contributed by atoms with Crippen LogP contribution in [0.25, 0.3) is 0 Å². The highest BCUT2D eigenvalue weighted by atomic mass is 14.9. The monoisotopic (exact) mass is 244 g/mol. The van der Waals surface area contributed by atoms with Gasteiger partial charge in [0.05, 0.1) is 0 Å². The van der Waals surface area contributed by atoms with Crippen LogP contribution in [0.5, 0.6) is 0 Å². The minimum atomic E-state index is 0.654. The van der Waals surface area contributed by atoms with E-state index in [1.807, 2.05) is 13.1 Å². The molecule has 18 heavy (non-hydrogen) atoms. The second kappa shape index (κ2) is 5.00. The molecule has 0 aliphatic heterocycles. The summed E-state index contributed by atoms with van der Waals surface area (Å²) in [5.74, 6) is 2.97. The lowest BCUT2D eigenvalue weighted by Crippen LogP contribution is -2.35. The van der Waals surface area contributed by atoms with E-state index >= 15 is 0 Å². The molecule has 4 atom stereocenters. The number of nitrogens with zero attached hydrogens (tertiary/aromatic N) is 1. The van der Waals surface area contributed by atoms with Crippen LogP contribution in [-0.4, -0.2) is 11.0 Å². The molecule has 98 valence electrons. The standard InChI is InChI=1S/C16H24N2/c1-11-3-4-14(9-17-11)10-18-12(2)16-8-13-5-6-15(16)7-13/h3-4,9,12-13,15-16,18H,5-8,10H2,1-2H3. The van der Waals surface area contributed by atoms with E-state index in [0.717, 1.165) is 30.0 Å². The van der Waals surface area contributed by atoms with Crippen molar-refractivity contribution in [2.24, 2.45) is 17.8 Å². The van der Waals surface area contributed by atoms with Crippen LogP contribution in [0, 0.1) is 24.7 Å². The first-order chi connectivity index (χ1) is 8.72. The summed E-state index contributed by atoms with van der Waals surface area (Å²) in [7, 11) is 0. The normalized spacial score (nSPS) is 31.8. The molecule has 0 saturated heterocycles.